The third-order valence-corrected chi connectivity index (χ3v) is 5.91. The van der Waals surface area contributed by atoms with Crippen LogP contribution < -0.4 is 5.32 Å². The first-order valence-corrected chi connectivity index (χ1v) is 11.1. The molecule has 2 aliphatic heterocycles. The molecule has 4 atom stereocenters. The first-order chi connectivity index (χ1) is 17.4. The van der Waals surface area contributed by atoms with Crippen molar-refractivity contribution in [3.05, 3.63) is 42.5 Å². The van der Waals surface area contributed by atoms with E-state index in [0.717, 1.165) is 0 Å². The van der Waals surface area contributed by atoms with Crippen LogP contribution in [0.2, 0.25) is 0 Å². The first-order valence-electron chi connectivity index (χ1n) is 11.1. The van der Waals surface area contributed by atoms with Crippen LogP contribution in [0, 0.1) is 0 Å². The molecule has 4 unspecified atom stereocenters. The summed E-state index contributed by atoms with van der Waals surface area (Å²) in [4.78, 5) is 52.9. The summed E-state index contributed by atoms with van der Waals surface area (Å²) in [5.41, 5.74) is 1.95. The number of aliphatic hydroxyl groups excluding tert-OH is 3. The monoisotopic (exact) mass is 498 g/mol. The lowest BCUT2D eigenvalue weighted by atomic mass is 10.1. The van der Waals surface area contributed by atoms with Gasteiger partial charge in [0.25, 0.3) is 11.8 Å². The zero-order chi connectivity index (χ0) is 25.4. The lowest BCUT2D eigenvalue weighted by Gasteiger charge is -2.16. The number of carbonyl (C=O) groups excluding carboxylic acids is 3. The molecule has 188 valence electrons. The zero-order valence-electron chi connectivity index (χ0n) is 18.7. The highest BCUT2D eigenvalue weighted by molar-refractivity contribution is 6.01. The molecule has 3 aromatic rings. The van der Waals surface area contributed by atoms with Gasteiger partial charge in [0.05, 0.1) is 19.4 Å². The minimum absolute atomic E-state index is 0.0282. The van der Waals surface area contributed by atoms with E-state index in [0.29, 0.717) is 33.3 Å². The number of nitrogens with one attached hydrogen (secondary N) is 1. The van der Waals surface area contributed by atoms with Gasteiger partial charge in [-0.2, -0.15) is 0 Å². The van der Waals surface area contributed by atoms with Crippen molar-refractivity contribution < 1.29 is 39.3 Å². The second-order valence-corrected chi connectivity index (χ2v) is 8.32. The summed E-state index contributed by atoms with van der Waals surface area (Å²) in [6, 6.07) is 6.75. The maximum Gasteiger partial charge on any atom is 0.337 e. The maximum absolute atomic E-state index is 12.1. The Bertz CT molecular complexity index is 1300. The number of carbonyl (C=O) groups is 3. The molecule has 2 fully saturated rings. The van der Waals surface area contributed by atoms with E-state index in [-0.39, 0.29) is 19.3 Å². The molecule has 2 aromatic heterocycles. The molecule has 1 aromatic carbocycles. The highest BCUT2D eigenvalue weighted by atomic mass is 16.7. The van der Waals surface area contributed by atoms with Crippen LogP contribution >= 0.6 is 0 Å². The molecular weight excluding hydrogens is 476 g/mol. The van der Waals surface area contributed by atoms with Gasteiger partial charge in [-0.3, -0.25) is 14.2 Å². The fraction of sp³-hybridized carbons (Fsp3) is 0.364. The van der Waals surface area contributed by atoms with Crippen molar-refractivity contribution in [2.75, 3.05) is 11.9 Å². The lowest BCUT2D eigenvalue weighted by Crippen LogP contribution is -2.33. The molecule has 0 bridgehead atoms. The summed E-state index contributed by atoms with van der Waals surface area (Å²) in [5.74, 6) is -1.44. The SMILES string of the molecule is O=C(Cc1ccc(Nc2ncnc3c2ncn3C2OC(CO)C(O)C2O)cc1)ON1C(=O)CCC1=O. The first kappa shape index (κ1) is 23.7. The van der Waals surface area contributed by atoms with Crippen molar-refractivity contribution in [3.8, 4) is 0 Å². The second kappa shape index (κ2) is 9.58. The predicted octanol–water partition coefficient (Wildman–Crippen LogP) is -0.669. The molecule has 14 heteroatoms. The van der Waals surface area contributed by atoms with Crippen LogP contribution in [-0.2, 0) is 30.4 Å². The second-order valence-electron chi connectivity index (χ2n) is 8.32. The van der Waals surface area contributed by atoms with Gasteiger partial charge in [-0.1, -0.05) is 12.1 Å². The largest absolute Gasteiger partial charge is 0.394 e. The van der Waals surface area contributed by atoms with Crippen LogP contribution in [0.1, 0.15) is 24.6 Å². The smallest absolute Gasteiger partial charge is 0.337 e. The molecule has 4 N–H and O–H groups in total. The number of anilines is 2. The molecular formula is C22H22N6O8. The van der Waals surface area contributed by atoms with Crippen molar-refractivity contribution in [1.82, 2.24) is 24.6 Å². The quantitative estimate of drug-likeness (QED) is 0.301. The van der Waals surface area contributed by atoms with E-state index in [1.807, 2.05) is 0 Å². The number of hydroxylamine groups is 2. The van der Waals surface area contributed by atoms with Crippen molar-refractivity contribution >= 4 is 40.5 Å². The maximum atomic E-state index is 12.1. The van der Waals surface area contributed by atoms with Crippen LogP contribution in [-0.4, -0.2) is 82.6 Å². The van der Waals surface area contributed by atoms with Gasteiger partial charge < -0.3 is 30.2 Å². The van der Waals surface area contributed by atoms with E-state index in [1.54, 1.807) is 24.3 Å². The highest BCUT2D eigenvalue weighted by Gasteiger charge is 2.44. The number of amides is 2. The molecule has 5 rings (SSSR count). The molecule has 14 nitrogen and oxygen atoms in total. The van der Waals surface area contributed by atoms with Crippen LogP contribution in [0.3, 0.4) is 0 Å². The zero-order valence-corrected chi connectivity index (χ0v) is 18.7. The summed E-state index contributed by atoms with van der Waals surface area (Å²) < 4.78 is 7.01. The van der Waals surface area contributed by atoms with Gasteiger partial charge in [-0.25, -0.2) is 19.7 Å². The number of hydrogen-bond donors (Lipinski definition) is 4. The Kier molecular flexibility index (Phi) is 6.32. The summed E-state index contributed by atoms with van der Waals surface area (Å²) >= 11 is 0. The van der Waals surface area contributed by atoms with Crippen LogP contribution in [0.4, 0.5) is 11.5 Å². The van der Waals surface area contributed by atoms with Crippen molar-refractivity contribution in [3.63, 3.8) is 0 Å². The normalized spacial score (nSPS) is 24.0. The van der Waals surface area contributed by atoms with Gasteiger partial charge in [0, 0.05) is 18.5 Å². The highest BCUT2D eigenvalue weighted by Crippen LogP contribution is 2.32. The van der Waals surface area contributed by atoms with E-state index < -0.39 is 48.9 Å². The van der Waals surface area contributed by atoms with Crippen molar-refractivity contribution in [2.45, 2.75) is 43.8 Å². The Hall–Kier alpha value is -3.98. The van der Waals surface area contributed by atoms with Gasteiger partial charge in [-0.15, -0.1) is 5.06 Å². The molecule has 0 saturated carbocycles. The number of imide groups is 1. The van der Waals surface area contributed by atoms with Crippen LogP contribution in [0.25, 0.3) is 11.2 Å². The molecule has 36 heavy (non-hydrogen) atoms. The molecule has 0 aliphatic carbocycles. The van der Waals surface area contributed by atoms with Crippen molar-refractivity contribution in [2.24, 2.45) is 0 Å². The fourth-order valence-corrected chi connectivity index (χ4v) is 4.04. The van der Waals surface area contributed by atoms with Gasteiger partial charge in [0.2, 0.25) is 0 Å². The number of imidazole rings is 1. The molecule has 4 heterocycles. The molecule has 0 radical (unpaired) electrons. The summed E-state index contributed by atoms with van der Waals surface area (Å²) in [7, 11) is 0. The number of benzene rings is 1. The Morgan fingerprint density at radius 1 is 1.08 bits per heavy atom. The number of fused-ring (bicyclic) bond motifs is 1. The number of aromatic nitrogens is 4. The van der Waals surface area contributed by atoms with E-state index in [1.165, 1.54) is 17.2 Å². The number of hydrogen-bond acceptors (Lipinski definition) is 12. The summed E-state index contributed by atoms with van der Waals surface area (Å²) in [6.07, 6.45) is -1.85. The number of aliphatic hydroxyl groups is 3. The molecule has 2 aliphatic rings. The van der Waals surface area contributed by atoms with Crippen LogP contribution in [0.5, 0.6) is 0 Å². The Morgan fingerprint density at radius 2 is 1.81 bits per heavy atom. The van der Waals surface area contributed by atoms with Crippen LogP contribution in [0.15, 0.2) is 36.9 Å². The van der Waals surface area contributed by atoms with E-state index in [9.17, 15) is 29.7 Å². The summed E-state index contributed by atoms with van der Waals surface area (Å²) in [6.45, 7) is -0.453. The third-order valence-electron chi connectivity index (χ3n) is 5.91. The topological polar surface area (TPSA) is 189 Å². The average Bonchev–Trinajstić information content (AvgIpc) is 3.52. The fourth-order valence-electron chi connectivity index (χ4n) is 4.04. The van der Waals surface area contributed by atoms with E-state index in [4.69, 9.17) is 9.57 Å². The van der Waals surface area contributed by atoms with E-state index >= 15 is 0 Å². The Balaban J connectivity index is 1.27. The van der Waals surface area contributed by atoms with Crippen molar-refractivity contribution in [1.29, 1.82) is 0 Å². The average molecular weight is 498 g/mol. The minimum atomic E-state index is -1.29. The molecule has 0 spiro atoms. The minimum Gasteiger partial charge on any atom is -0.394 e. The van der Waals surface area contributed by atoms with Gasteiger partial charge in [-0.05, 0) is 17.7 Å². The van der Waals surface area contributed by atoms with Gasteiger partial charge in [0.15, 0.2) is 23.2 Å². The van der Waals surface area contributed by atoms with Gasteiger partial charge in [0.1, 0.15) is 24.6 Å². The van der Waals surface area contributed by atoms with Gasteiger partial charge >= 0.3 is 5.97 Å². The summed E-state index contributed by atoms with van der Waals surface area (Å²) in [5, 5.41) is 33.3. The third kappa shape index (κ3) is 4.37. The standard InChI is InChI=1S/C22H22N6O8/c29-8-13-18(33)19(34)22(35-13)27-10-25-17-20(23-9-24-21(17)27)26-12-3-1-11(2-4-12)7-16(32)36-28-14(30)5-6-15(28)31/h1-4,9-10,13,18-19,22,29,33-34H,5-8H2,(H,23,24,26). The predicted molar refractivity (Wildman–Crippen MR) is 119 cm³/mol. The Labute approximate surface area is 203 Å². The lowest BCUT2D eigenvalue weighted by molar-refractivity contribution is -0.197. The van der Waals surface area contributed by atoms with E-state index in [2.05, 4.69) is 20.3 Å². The number of ether oxygens (including phenoxy) is 1. The molecule has 2 saturated heterocycles. The number of nitrogens with zero attached hydrogens (tertiary/aromatic N) is 5. The Morgan fingerprint density at radius 3 is 2.47 bits per heavy atom. The molecule has 2 amide bonds. The number of rotatable bonds is 7.